The first-order valence-electron chi connectivity index (χ1n) is 6.83. The number of halogens is 1. The van der Waals surface area contributed by atoms with Gasteiger partial charge in [0, 0.05) is 24.2 Å². The molecule has 0 radical (unpaired) electrons. The molecule has 120 valence electrons. The van der Waals surface area contributed by atoms with Crippen molar-refractivity contribution in [3.8, 4) is 0 Å². The van der Waals surface area contributed by atoms with Crippen molar-refractivity contribution in [2.75, 3.05) is 20.7 Å². The monoisotopic (exact) mass is 324 g/mol. The van der Waals surface area contributed by atoms with Crippen LogP contribution < -0.4 is 5.32 Å². The molecule has 0 aliphatic rings. The van der Waals surface area contributed by atoms with Gasteiger partial charge in [0.15, 0.2) is 0 Å². The molecule has 0 aliphatic carbocycles. The Labute approximate surface area is 135 Å². The Morgan fingerprint density at radius 1 is 1.50 bits per heavy atom. The molecular weight excluding hydrogens is 304 g/mol. The van der Waals surface area contributed by atoms with Crippen molar-refractivity contribution in [3.63, 3.8) is 0 Å². The lowest BCUT2D eigenvalue weighted by Crippen LogP contribution is -2.40. The number of hydrogen-bond acceptors (Lipinski definition) is 3. The molecule has 1 aromatic rings. The van der Waals surface area contributed by atoms with Crippen LogP contribution in [0.5, 0.6) is 0 Å². The average molecular weight is 325 g/mol. The molecule has 0 aromatic heterocycles. The molecule has 0 saturated heterocycles. The number of benzene rings is 1. The van der Waals surface area contributed by atoms with Gasteiger partial charge in [0.1, 0.15) is 0 Å². The van der Waals surface area contributed by atoms with Gasteiger partial charge < -0.3 is 5.32 Å². The van der Waals surface area contributed by atoms with Gasteiger partial charge in [0.25, 0.3) is 11.8 Å². The number of hydroxylamine groups is 2. The summed E-state index contributed by atoms with van der Waals surface area (Å²) in [6.07, 6.45) is 1.98. The van der Waals surface area contributed by atoms with Crippen LogP contribution in [0.2, 0.25) is 5.02 Å². The molecule has 1 aromatic carbocycles. The van der Waals surface area contributed by atoms with E-state index >= 15 is 0 Å². The van der Waals surface area contributed by atoms with Crippen molar-refractivity contribution in [2.24, 2.45) is 5.41 Å². The van der Waals surface area contributed by atoms with Crippen molar-refractivity contribution >= 4 is 23.4 Å². The van der Waals surface area contributed by atoms with Crippen molar-refractivity contribution in [2.45, 2.75) is 13.3 Å². The maximum absolute atomic E-state index is 12.2. The van der Waals surface area contributed by atoms with Gasteiger partial charge in [-0.25, -0.2) is 5.06 Å². The first kappa shape index (κ1) is 18.2. The molecular formula is C16H21ClN2O3. The number of nitrogens with one attached hydrogen (secondary N) is 1. The quantitative estimate of drug-likeness (QED) is 0.619. The van der Waals surface area contributed by atoms with Crippen LogP contribution >= 0.6 is 11.6 Å². The molecule has 5 nitrogen and oxygen atoms in total. The van der Waals surface area contributed by atoms with E-state index in [1.54, 1.807) is 37.3 Å². The molecule has 2 amide bonds. The smallest absolute Gasteiger partial charge is 0.255 e. The number of carbonyl (C=O) groups is 2. The van der Waals surface area contributed by atoms with Gasteiger partial charge in [-0.1, -0.05) is 23.7 Å². The van der Waals surface area contributed by atoms with Crippen molar-refractivity contribution in [1.82, 2.24) is 10.4 Å². The number of nitrogens with zero attached hydrogens (tertiary/aromatic N) is 1. The summed E-state index contributed by atoms with van der Waals surface area (Å²) < 4.78 is 0. The summed E-state index contributed by atoms with van der Waals surface area (Å²) in [4.78, 5) is 29.1. The van der Waals surface area contributed by atoms with Crippen molar-refractivity contribution in [1.29, 1.82) is 0 Å². The third-order valence-electron chi connectivity index (χ3n) is 3.52. The molecule has 0 spiro atoms. The van der Waals surface area contributed by atoms with E-state index in [9.17, 15) is 9.59 Å². The highest BCUT2D eigenvalue weighted by Crippen LogP contribution is 2.25. The van der Waals surface area contributed by atoms with Gasteiger partial charge in [-0.3, -0.25) is 14.4 Å². The molecule has 1 N–H and O–H groups in total. The van der Waals surface area contributed by atoms with E-state index < -0.39 is 5.41 Å². The van der Waals surface area contributed by atoms with Crippen LogP contribution in [0.3, 0.4) is 0 Å². The van der Waals surface area contributed by atoms with Crippen LogP contribution in [0.1, 0.15) is 23.7 Å². The Hall–Kier alpha value is -1.85. The molecule has 22 heavy (non-hydrogen) atoms. The molecule has 0 heterocycles. The Kier molecular flexibility index (Phi) is 6.59. The molecule has 6 heteroatoms. The fourth-order valence-corrected chi connectivity index (χ4v) is 2.10. The summed E-state index contributed by atoms with van der Waals surface area (Å²) in [7, 11) is 2.96. The first-order chi connectivity index (χ1) is 10.3. The summed E-state index contributed by atoms with van der Waals surface area (Å²) >= 11 is 5.85. The second kappa shape index (κ2) is 7.96. The largest absolute Gasteiger partial charge is 0.352 e. The summed E-state index contributed by atoms with van der Waals surface area (Å²) in [5.74, 6) is -0.455. The van der Waals surface area contributed by atoms with E-state index in [-0.39, 0.29) is 11.8 Å². The average Bonchev–Trinajstić information content (AvgIpc) is 2.52. The maximum atomic E-state index is 12.2. The minimum Gasteiger partial charge on any atom is -0.352 e. The predicted octanol–water partition coefficient (Wildman–Crippen LogP) is 2.67. The molecule has 0 bridgehead atoms. The number of rotatable bonds is 7. The number of carbonyl (C=O) groups excluding carboxylic acids is 2. The lowest BCUT2D eigenvalue weighted by molar-refractivity contribution is -0.177. The number of hydrogen-bond donors (Lipinski definition) is 1. The maximum Gasteiger partial charge on any atom is 0.255 e. The van der Waals surface area contributed by atoms with E-state index in [0.29, 0.717) is 23.6 Å². The highest BCUT2D eigenvalue weighted by Gasteiger charge is 2.32. The van der Waals surface area contributed by atoms with Crippen LogP contribution in [-0.2, 0) is 9.63 Å². The first-order valence-corrected chi connectivity index (χ1v) is 7.21. The van der Waals surface area contributed by atoms with Crippen molar-refractivity contribution in [3.05, 3.63) is 47.5 Å². The Morgan fingerprint density at radius 2 is 2.18 bits per heavy atom. The van der Waals surface area contributed by atoms with Gasteiger partial charge in [0.2, 0.25) is 0 Å². The second-order valence-corrected chi connectivity index (χ2v) is 5.56. The molecule has 0 saturated carbocycles. The Bertz CT molecular complexity index is 562. The van der Waals surface area contributed by atoms with Gasteiger partial charge >= 0.3 is 0 Å². The van der Waals surface area contributed by atoms with Crippen LogP contribution in [-0.4, -0.2) is 37.6 Å². The fraction of sp³-hybridized carbons (Fsp3) is 0.375. The molecule has 1 atom stereocenters. The van der Waals surface area contributed by atoms with E-state index in [1.807, 2.05) is 0 Å². The zero-order valence-electron chi connectivity index (χ0n) is 13.1. The highest BCUT2D eigenvalue weighted by molar-refractivity contribution is 6.30. The SMILES string of the molecule is C=CC(C)(CCNC(=O)c1cccc(Cl)c1)C(=O)N(C)OC. The molecule has 1 rings (SSSR count). The summed E-state index contributed by atoms with van der Waals surface area (Å²) in [6.45, 7) is 5.79. The third kappa shape index (κ3) is 4.58. The molecule has 0 aliphatic heterocycles. The predicted molar refractivity (Wildman–Crippen MR) is 86.5 cm³/mol. The van der Waals surface area contributed by atoms with E-state index in [4.69, 9.17) is 16.4 Å². The van der Waals surface area contributed by atoms with Crippen LogP contribution in [0.15, 0.2) is 36.9 Å². The molecule has 1 unspecified atom stereocenters. The standard InChI is InChI=1S/C16H21ClN2O3/c1-5-16(2,15(21)19(3)22-4)9-10-18-14(20)12-7-6-8-13(17)11-12/h5-8,11H,1,9-10H2,2-4H3,(H,18,20). The number of amides is 2. The minimum atomic E-state index is -0.813. The topological polar surface area (TPSA) is 58.6 Å². The summed E-state index contributed by atoms with van der Waals surface area (Å²) in [5, 5.41) is 4.42. The second-order valence-electron chi connectivity index (χ2n) is 5.12. The summed E-state index contributed by atoms with van der Waals surface area (Å²) in [5.41, 5.74) is -0.333. The van der Waals surface area contributed by atoms with Gasteiger partial charge in [-0.05, 0) is 31.5 Å². The zero-order chi connectivity index (χ0) is 16.8. The van der Waals surface area contributed by atoms with Crippen LogP contribution in [0, 0.1) is 5.41 Å². The van der Waals surface area contributed by atoms with Crippen LogP contribution in [0.25, 0.3) is 0 Å². The van der Waals surface area contributed by atoms with E-state index in [2.05, 4.69) is 11.9 Å². The van der Waals surface area contributed by atoms with Gasteiger partial charge in [-0.15, -0.1) is 6.58 Å². The lowest BCUT2D eigenvalue weighted by Gasteiger charge is -2.28. The van der Waals surface area contributed by atoms with E-state index in [0.717, 1.165) is 5.06 Å². The zero-order valence-corrected chi connectivity index (χ0v) is 13.8. The van der Waals surface area contributed by atoms with Gasteiger partial charge in [-0.2, -0.15) is 0 Å². The van der Waals surface area contributed by atoms with Crippen LogP contribution in [0.4, 0.5) is 0 Å². The summed E-state index contributed by atoms with van der Waals surface area (Å²) in [6, 6.07) is 6.68. The highest BCUT2D eigenvalue weighted by atomic mass is 35.5. The fourth-order valence-electron chi connectivity index (χ4n) is 1.91. The Balaban J connectivity index is 2.62. The van der Waals surface area contributed by atoms with E-state index in [1.165, 1.54) is 14.2 Å². The Morgan fingerprint density at radius 3 is 2.73 bits per heavy atom. The van der Waals surface area contributed by atoms with Gasteiger partial charge in [0.05, 0.1) is 12.5 Å². The molecule has 0 fully saturated rings. The minimum absolute atomic E-state index is 0.220. The third-order valence-corrected chi connectivity index (χ3v) is 3.75. The lowest BCUT2D eigenvalue weighted by atomic mass is 9.85. The van der Waals surface area contributed by atoms with Crippen molar-refractivity contribution < 1.29 is 14.4 Å². The normalized spacial score (nSPS) is 13.1.